The van der Waals surface area contributed by atoms with Crippen molar-refractivity contribution < 1.29 is 31.5 Å². The summed E-state index contributed by atoms with van der Waals surface area (Å²) < 4.78 is 56.0. The number of ether oxygens (including phenoxy) is 1. The lowest BCUT2D eigenvalue weighted by Crippen LogP contribution is -2.23. The number of anilines is 1. The second-order valence-corrected chi connectivity index (χ2v) is 8.73. The summed E-state index contributed by atoms with van der Waals surface area (Å²) >= 11 is 0. The molecular weight excluding hydrogens is 454 g/mol. The predicted molar refractivity (Wildman–Crippen MR) is 118 cm³/mol. The van der Waals surface area contributed by atoms with Gasteiger partial charge in [-0.15, -0.1) is 0 Å². The molecule has 0 atom stereocenters. The first kappa shape index (κ1) is 24.0. The monoisotopic (exact) mass is 474 g/mol. The van der Waals surface area contributed by atoms with Crippen molar-refractivity contribution >= 4 is 27.4 Å². The van der Waals surface area contributed by atoms with E-state index in [1.165, 1.54) is 67.6 Å². The van der Waals surface area contributed by atoms with E-state index in [-0.39, 0.29) is 23.0 Å². The van der Waals surface area contributed by atoms with Gasteiger partial charge in [-0.3, -0.25) is 9.59 Å². The van der Waals surface area contributed by atoms with E-state index in [2.05, 4.69) is 14.8 Å². The Labute approximate surface area is 189 Å². The Kier molecular flexibility index (Phi) is 7.52. The van der Waals surface area contributed by atoms with Gasteiger partial charge in [0.1, 0.15) is 5.75 Å². The van der Waals surface area contributed by atoms with Gasteiger partial charge in [-0.05, 0) is 61.0 Å². The van der Waals surface area contributed by atoms with E-state index >= 15 is 0 Å². The third kappa shape index (κ3) is 6.67. The molecule has 0 aliphatic heterocycles. The van der Waals surface area contributed by atoms with Gasteiger partial charge >= 0.3 is 6.61 Å². The summed E-state index contributed by atoms with van der Waals surface area (Å²) in [6.45, 7) is -1.53. The highest BCUT2D eigenvalue weighted by Crippen LogP contribution is 2.18. The summed E-state index contributed by atoms with van der Waals surface area (Å²) in [6, 6.07) is 17.4. The maximum absolute atomic E-state index is 12.4. The van der Waals surface area contributed by atoms with E-state index in [4.69, 9.17) is 0 Å². The highest BCUT2D eigenvalue weighted by atomic mass is 32.2. The van der Waals surface area contributed by atoms with Crippen LogP contribution in [0.2, 0.25) is 0 Å². The van der Waals surface area contributed by atoms with Gasteiger partial charge in [0.25, 0.3) is 5.91 Å². The van der Waals surface area contributed by atoms with E-state index in [9.17, 15) is 26.8 Å². The maximum Gasteiger partial charge on any atom is 0.387 e. The molecule has 10 heteroatoms. The van der Waals surface area contributed by atoms with Crippen molar-refractivity contribution in [1.29, 1.82) is 0 Å². The van der Waals surface area contributed by atoms with Crippen LogP contribution in [0.4, 0.5) is 14.5 Å². The first-order chi connectivity index (χ1) is 15.6. The van der Waals surface area contributed by atoms with Crippen molar-refractivity contribution in [1.82, 2.24) is 4.72 Å². The molecule has 0 saturated heterocycles. The Bertz CT molecular complexity index is 1230. The standard InChI is InChI=1S/C23H20F2N2O5S/c1-15(28)17-6-12-21(13-7-17)33(30,31)26-14-16-2-4-18(5-3-16)22(29)27-19-8-10-20(11-9-19)32-23(24)25/h2-13,23,26H,14H2,1H3,(H,27,29). The van der Waals surface area contributed by atoms with Gasteiger partial charge < -0.3 is 10.1 Å². The van der Waals surface area contributed by atoms with Crippen molar-refractivity contribution in [3.63, 3.8) is 0 Å². The van der Waals surface area contributed by atoms with Gasteiger partial charge in [-0.1, -0.05) is 24.3 Å². The highest BCUT2D eigenvalue weighted by Gasteiger charge is 2.14. The number of nitrogens with one attached hydrogen (secondary N) is 2. The molecule has 3 rings (SSSR count). The Hall–Kier alpha value is -3.63. The molecule has 0 aliphatic rings. The quantitative estimate of drug-likeness (QED) is 0.452. The molecule has 0 heterocycles. The van der Waals surface area contributed by atoms with Crippen molar-refractivity contribution in [2.75, 3.05) is 5.32 Å². The van der Waals surface area contributed by atoms with Crippen LogP contribution < -0.4 is 14.8 Å². The van der Waals surface area contributed by atoms with Gasteiger partial charge in [-0.2, -0.15) is 8.78 Å². The van der Waals surface area contributed by atoms with E-state index in [0.29, 0.717) is 22.4 Å². The van der Waals surface area contributed by atoms with Gasteiger partial charge in [0, 0.05) is 23.4 Å². The fourth-order valence-corrected chi connectivity index (χ4v) is 3.85. The number of alkyl halides is 2. The van der Waals surface area contributed by atoms with E-state index in [1.807, 2.05) is 0 Å². The number of ketones is 1. The number of benzene rings is 3. The number of rotatable bonds is 9. The topological polar surface area (TPSA) is 102 Å². The molecule has 0 radical (unpaired) electrons. The average Bonchev–Trinajstić information content (AvgIpc) is 2.79. The molecule has 0 spiro atoms. The van der Waals surface area contributed by atoms with Crippen LogP contribution in [0.25, 0.3) is 0 Å². The number of hydrogen-bond donors (Lipinski definition) is 2. The zero-order valence-corrected chi connectivity index (χ0v) is 18.2. The molecule has 0 unspecified atom stereocenters. The van der Waals surface area contributed by atoms with E-state index in [1.54, 1.807) is 12.1 Å². The number of halogens is 2. The first-order valence-corrected chi connectivity index (χ1v) is 11.2. The summed E-state index contributed by atoms with van der Waals surface area (Å²) in [5, 5.41) is 2.63. The lowest BCUT2D eigenvalue weighted by atomic mass is 10.1. The average molecular weight is 474 g/mol. The minimum Gasteiger partial charge on any atom is -0.435 e. The van der Waals surface area contributed by atoms with Crippen LogP contribution in [0.5, 0.6) is 5.75 Å². The molecule has 0 aliphatic carbocycles. The van der Waals surface area contributed by atoms with Gasteiger partial charge in [0.2, 0.25) is 10.0 Å². The SMILES string of the molecule is CC(=O)c1ccc(S(=O)(=O)NCc2ccc(C(=O)Nc3ccc(OC(F)F)cc3)cc2)cc1. The van der Waals surface area contributed by atoms with Crippen LogP contribution in [0.1, 0.15) is 33.2 Å². The van der Waals surface area contributed by atoms with Crippen molar-refractivity contribution in [2.24, 2.45) is 0 Å². The molecule has 0 saturated carbocycles. The third-order valence-corrected chi connectivity index (χ3v) is 6.01. The largest absolute Gasteiger partial charge is 0.435 e. The van der Waals surface area contributed by atoms with Crippen LogP contribution >= 0.6 is 0 Å². The molecule has 3 aromatic carbocycles. The molecule has 172 valence electrons. The Morgan fingerprint density at radius 2 is 1.45 bits per heavy atom. The summed E-state index contributed by atoms with van der Waals surface area (Å²) in [5.41, 5.74) is 1.77. The van der Waals surface area contributed by atoms with Gasteiger partial charge in [0.05, 0.1) is 4.90 Å². The highest BCUT2D eigenvalue weighted by molar-refractivity contribution is 7.89. The van der Waals surface area contributed by atoms with Crippen molar-refractivity contribution in [3.8, 4) is 5.75 Å². The Morgan fingerprint density at radius 1 is 0.879 bits per heavy atom. The van der Waals surface area contributed by atoms with Gasteiger partial charge in [0.15, 0.2) is 5.78 Å². The van der Waals surface area contributed by atoms with E-state index in [0.717, 1.165) is 0 Å². The van der Waals surface area contributed by atoms with Crippen LogP contribution in [0, 0.1) is 0 Å². The minimum absolute atomic E-state index is 0.00426. The molecule has 0 fully saturated rings. The number of carbonyl (C=O) groups is 2. The summed E-state index contributed by atoms with van der Waals surface area (Å²) in [5.74, 6) is -0.603. The minimum atomic E-state index is -3.78. The van der Waals surface area contributed by atoms with Crippen molar-refractivity contribution in [2.45, 2.75) is 25.0 Å². The lowest BCUT2D eigenvalue weighted by Gasteiger charge is -2.09. The smallest absolute Gasteiger partial charge is 0.387 e. The molecule has 2 N–H and O–H groups in total. The second-order valence-electron chi connectivity index (χ2n) is 6.96. The van der Waals surface area contributed by atoms with Crippen molar-refractivity contribution in [3.05, 3.63) is 89.5 Å². The van der Waals surface area contributed by atoms with Crippen LogP contribution in [0.15, 0.2) is 77.7 Å². The molecular formula is C23H20F2N2O5S. The molecule has 33 heavy (non-hydrogen) atoms. The Balaban J connectivity index is 1.58. The normalized spacial score (nSPS) is 11.3. The predicted octanol–water partition coefficient (Wildman–Crippen LogP) is 4.22. The zero-order valence-electron chi connectivity index (χ0n) is 17.4. The Morgan fingerprint density at radius 3 is 2.00 bits per heavy atom. The molecule has 3 aromatic rings. The number of sulfonamides is 1. The fourth-order valence-electron chi connectivity index (χ4n) is 2.83. The summed E-state index contributed by atoms with van der Waals surface area (Å²) in [4.78, 5) is 23.7. The first-order valence-electron chi connectivity index (χ1n) is 9.70. The van der Waals surface area contributed by atoms with Crippen LogP contribution in [0.3, 0.4) is 0 Å². The molecule has 0 aromatic heterocycles. The summed E-state index contributed by atoms with van der Waals surface area (Å²) in [7, 11) is -3.78. The van der Waals surface area contributed by atoms with E-state index < -0.39 is 22.5 Å². The zero-order chi connectivity index (χ0) is 24.0. The molecule has 0 bridgehead atoms. The lowest BCUT2D eigenvalue weighted by molar-refractivity contribution is -0.0498. The van der Waals surface area contributed by atoms with Crippen LogP contribution in [-0.4, -0.2) is 26.7 Å². The van der Waals surface area contributed by atoms with Gasteiger partial charge in [-0.25, -0.2) is 13.1 Å². The molecule has 7 nitrogen and oxygen atoms in total. The fraction of sp³-hybridized carbons (Fsp3) is 0.130. The molecule has 1 amide bonds. The second kappa shape index (κ2) is 10.3. The number of Topliss-reactive ketones (excluding diaryl/α,β-unsaturated/α-hetero) is 1. The number of hydrogen-bond acceptors (Lipinski definition) is 5. The summed E-state index contributed by atoms with van der Waals surface area (Å²) in [6.07, 6.45) is 0. The number of carbonyl (C=O) groups excluding carboxylic acids is 2. The van der Waals surface area contributed by atoms with Crippen LogP contribution in [-0.2, 0) is 16.6 Å². The maximum atomic E-state index is 12.4. The third-order valence-electron chi connectivity index (χ3n) is 4.59. The number of amides is 1.